The number of aliphatic hydroxyl groups is 1. The minimum Gasteiger partial charge on any atom is -0.390 e. The van der Waals surface area contributed by atoms with Gasteiger partial charge in [0.25, 0.3) is 11.8 Å². The molecule has 0 aliphatic carbocycles. The van der Waals surface area contributed by atoms with E-state index in [0.717, 1.165) is 29.5 Å². The molecule has 3 N–H and O–H groups in total. The Balaban J connectivity index is 1.47. The van der Waals surface area contributed by atoms with Crippen LogP contribution < -0.4 is 5.32 Å². The molecule has 4 aromatic rings. The van der Waals surface area contributed by atoms with Gasteiger partial charge in [-0.05, 0) is 18.2 Å². The Morgan fingerprint density at radius 1 is 0.972 bits per heavy atom. The van der Waals surface area contributed by atoms with Gasteiger partial charge in [-0.25, -0.2) is 0 Å². The smallest absolute Gasteiger partial charge is 0.259 e. The molecule has 2 aromatic heterocycles. The third-order valence-electron chi connectivity index (χ3n) is 6.89. The van der Waals surface area contributed by atoms with E-state index < -0.39 is 17.9 Å². The number of H-pyrrole nitrogens is 1. The van der Waals surface area contributed by atoms with Crippen molar-refractivity contribution < 1.29 is 19.4 Å². The zero-order valence-corrected chi connectivity index (χ0v) is 20.2. The van der Waals surface area contributed by atoms with Gasteiger partial charge < -0.3 is 19.4 Å². The monoisotopic (exact) mass is 504 g/mol. The number of carbonyl (C=O) groups is 2. The molecule has 2 amide bonds. The van der Waals surface area contributed by atoms with E-state index in [2.05, 4.69) is 15.2 Å². The summed E-state index contributed by atoms with van der Waals surface area (Å²) < 4.78 is 7.32. The van der Waals surface area contributed by atoms with Crippen molar-refractivity contribution in [2.24, 2.45) is 0 Å². The summed E-state index contributed by atoms with van der Waals surface area (Å²) in [5.41, 5.74) is 3.48. The highest BCUT2D eigenvalue weighted by Gasteiger charge is 2.35. The number of aromatic nitrogens is 2. The fourth-order valence-corrected chi connectivity index (χ4v) is 5.53. The second-order valence-electron chi connectivity index (χ2n) is 9.18. The number of morpholine rings is 1. The van der Waals surface area contributed by atoms with Crippen LogP contribution in [0, 0.1) is 0 Å². The second kappa shape index (κ2) is 9.22. The fourth-order valence-electron chi connectivity index (χ4n) is 5.26. The van der Waals surface area contributed by atoms with Gasteiger partial charge in [0.15, 0.2) is 0 Å². The molecule has 2 aromatic carbocycles. The van der Waals surface area contributed by atoms with Crippen molar-refractivity contribution >= 4 is 56.4 Å². The van der Waals surface area contributed by atoms with Crippen LogP contribution >= 0.6 is 11.6 Å². The SMILES string of the molecule is O=C1NC(=O)C(c2cn(CC(O)CN3CCOCC3)c3cccc(Cl)c23)=C1c1c[nH]c2ccccc12. The van der Waals surface area contributed by atoms with Crippen molar-refractivity contribution in [2.45, 2.75) is 12.6 Å². The Hall–Kier alpha value is -3.43. The van der Waals surface area contributed by atoms with Gasteiger partial charge in [0.05, 0.1) is 41.0 Å². The maximum Gasteiger partial charge on any atom is 0.259 e. The van der Waals surface area contributed by atoms with Crippen LogP contribution in [-0.2, 0) is 20.9 Å². The summed E-state index contributed by atoms with van der Waals surface area (Å²) in [5.74, 6) is -0.909. The number of hydrogen-bond acceptors (Lipinski definition) is 5. The lowest BCUT2D eigenvalue weighted by molar-refractivity contribution is -0.122. The Labute approximate surface area is 212 Å². The van der Waals surface area contributed by atoms with Gasteiger partial charge in [0.2, 0.25) is 0 Å². The van der Waals surface area contributed by atoms with E-state index in [0.29, 0.717) is 53.4 Å². The zero-order chi connectivity index (χ0) is 24.8. The first-order valence-electron chi connectivity index (χ1n) is 11.9. The highest BCUT2D eigenvalue weighted by atomic mass is 35.5. The summed E-state index contributed by atoms with van der Waals surface area (Å²) in [6.07, 6.45) is 2.94. The van der Waals surface area contributed by atoms with Crippen molar-refractivity contribution in [3.8, 4) is 0 Å². The van der Waals surface area contributed by atoms with Gasteiger partial charge >= 0.3 is 0 Å². The van der Waals surface area contributed by atoms with Crippen LogP contribution in [0.3, 0.4) is 0 Å². The molecule has 184 valence electrons. The van der Waals surface area contributed by atoms with Crippen molar-refractivity contribution in [1.29, 1.82) is 0 Å². The Morgan fingerprint density at radius 3 is 2.53 bits per heavy atom. The third kappa shape index (κ3) is 3.92. The number of rotatable bonds is 6. The highest BCUT2D eigenvalue weighted by molar-refractivity contribution is 6.51. The van der Waals surface area contributed by atoms with Crippen LogP contribution in [0.15, 0.2) is 54.9 Å². The lowest BCUT2D eigenvalue weighted by Gasteiger charge is -2.28. The maximum absolute atomic E-state index is 13.2. The minimum absolute atomic E-state index is 0.282. The number of nitrogens with one attached hydrogen (secondary N) is 2. The van der Waals surface area contributed by atoms with Crippen molar-refractivity contribution in [2.75, 3.05) is 32.8 Å². The predicted octanol–water partition coefficient (Wildman–Crippen LogP) is 3.04. The number of amides is 2. The van der Waals surface area contributed by atoms with Crippen LogP contribution in [0.5, 0.6) is 0 Å². The molecular weight excluding hydrogens is 480 g/mol. The molecule has 1 unspecified atom stereocenters. The Morgan fingerprint density at radius 2 is 1.72 bits per heavy atom. The Bertz CT molecular complexity index is 1530. The molecule has 0 saturated carbocycles. The number of aromatic amines is 1. The largest absolute Gasteiger partial charge is 0.390 e. The molecule has 6 rings (SSSR count). The third-order valence-corrected chi connectivity index (χ3v) is 7.21. The molecule has 0 bridgehead atoms. The molecule has 4 heterocycles. The van der Waals surface area contributed by atoms with Crippen LogP contribution in [0.2, 0.25) is 5.02 Å². The molecule has 1 atom stereocenters. The van der Waals surface area contributed by atoms with E-state index >= 15 is 0 Å². The van der Waals surface area contributed by atoms with E-state index in [1.165, 1.54) is 0 Å². The normalized spacial score (nSPS) is 17.9. The molecule has 0 spiro atoms. The zero-order valence-electron chi connectivity index (χ0n) is 19.5. The van der Waals surface area contributed by atoms with E-state index in [-0.39, 0.29) is 5.57 Å². The summed E-state index contributed by atoms with van der Waals surface area (Å²) in [7, 11) is 0. The summed E-state index contributed by atoms with van der Waals surface area (Å²) in [6, 6.07) is 13.2. The minimum atomic E-state index is -0.633. The summed E-state index contributed by atoms with van der Waals surface area (Å²) in [6.45, 7) is 3.72. The molecule has 2 aliphatic heterocycles. The van der Waals surface area contributed by atoms with E-state index in [9.17, 15) is 14.7 Å². The lowest BCUT2D eigenvalue weighted by Crippen LogP contribution is -2.41. The van der Waals surface area contributed by atoms with Crippen molar-refractivity contribution in [3.63, 3.8) is 0 Å². The number of fused-ring (bicyclic) bond motifs is 2. The maximum atomic E-state index is 13.2. The molecule has 1 saturated heterocycles. The number of carbonyl (C=O) groups excluding carboxylic acids is 2. The number of benzene rings is 2. The predicted molar refractivity (Wildman–Crippen MR) is 138 cm³/mol. The molecule has 36 heavy (non-hydrogen) atoms. The van der Waals surface area contributed by atoms with E-state index in [4.69, 9.17) is 16.3 Å². The van der Waals surface area contributed by atoms with Gasteiger partial charge in [-0.1, -0.05) is 35.9 Å². The molecular formula is C27H25ClN4O4. The van der Waals surface area contributed by atoms with Gasteiger partial charge in [-0.15, -0.1) is 0 Å². The van der Waals surface area contributed by atoms with Crippen LogP contribution in [-0.4, -0.2) is 70.3 Å². The molecule has 8 nitrogen and oxygen atoms in total. The number of ether oxygens (including phenoxy) is 1. The fraction of sp³-hybridized carbons (Fsp3) is 0.259. The molecule has 2 aliphatic rings. The number of aliphatic hydroxyl groups excluding tert-OH is 1. The lowest BCUT2D eigenvalue weighted by atomic mass is 9.95. The first-order chi connectivity index (χ1) is 17.5. The quantitative estimate of drug-likeness (QED) is 0.350. The number of imide groups is 1. The van der Waals surface area contributed by atoms with Crippen LogP contribution in [0.25, 0.3) is 33.0 Å². The average molecular weight is 505 g/mol. The number of para-hydroxylation sites is 1. The van der Waals surface area contributed by atoms with Crippen LogP contribution in [0.1, 0.15) is 11.1 Å². The Kier molecular flexibility index (Phi) is 5.89. The highest BCUT2D eigenvalue weighted by Crippen LogP contribution is 2.40. The van der Waals surface area contributed by atoms with Gasteiger partial charge in [-0.3, -0.25) is 19.8 Å². The number of halogens is 1. The van der Waals surface area contributed by atoms with Gasteiger partial charge in [0, 0.05) is 66.0 Å². The van der Waals surface area contributed by atoms with Gasteiger partial charge in [-0.2, -0.15) is 0 Å². The first-order valence-corrected chi connectivity index (χ1v) is 12.3. The van der Waals surface area contributed by atoms with Gasteiger partial charge in [0.1, 0.15) is 0 Å². The second-order valence-corrected chi connectivity index (χ2v) is 9.58. The summed E-state index contributed by atoms with van der Waals surface area (Å²) >= 11 is 6.65. The van der Waals surface area contributed by atoms with E-state index in [1.54, 1.807) is 12.3 Å². The van der Waals surface area contributed by atoms with Crippen molar-refractivity contribution in [1.82, 2.24) is 19.8 Å². The van der Waals surface area contributed by atoms with Crippen molar-refractivity contribution in [3.05, 3.63) is 71.0 Å². The number of hydrogen-bond donors (Lipinski definition) is 3. The summed E-state index contributed by atoms with van der Waals surface area (Å²) in [5, 5.41) is 15.4. The average Bonchev–Trinajstić information content (AvgIpc) is 3.53. The molecule has 1 fully saturated rings. The molecule has 9 heteroatoms. The first kappa shape index (κ1) is 23.0. The number of β-amino-alcohol motifs (C(OH)–C–C–N with tert-alkyl or cyclic N) is 1. The molecule has 0 radical (unpaired) electrons. The number of nitrogens with zero attached hydrogens (tertiary/aromatic N) is 2. The standard InChI is InChI=1S/C27H25ClN4O4/c28-20-5-3-7-22-23(20)19(15-32(22)14-16(33)13-31-8-10-36-11-9-31)25-24(26(34)30-27(25)35)18-12-29-21-6-2-1-4-17(18)21/h1-7,12,15-16,29,33H,8-11,13-14H2,(H,30,34,35). The van der Waals surface area contributed by atoms with E-state index in [1.807, 2.05) is 47.2 Å². The topological polar surface area (TPSA) is 99.6 Å². The van der Waals surface area contributed by atoms with Crippen LogP contribution in [0.4, 0.5) is 0 Å². The summed E-state index contributed by atoms with van der Waals surface area (Å²) in [4.78, 5) is 31.6.